The average Bonchev–Trinajstić information content (AvgIpc) is 2.78. The van der Waals surface area contributed by atoms with Crippen molar-refractivity contribution in [2.45, 2.75) is 6.61 Å². The summed E-state index contributed by atoms with van der Waals surface area (Å²) in [6.07, 6.45) is 1.46. The van der Waals surface area contributed by atoms with Gasteiger partial charge in [0, 0.05) is 21.3 Å². The Balaban J connectivity index is 1.82. The van der Waals surface area contributed by atoms with Gasteiger partial charge in [-0.25, -0.2) is 0 Å². The maximum Gasteiger partial charge on any atom is 0.266 e. The molecule has 0 heterocycles. The SMILES string of the molecule is COc1cc(/C=C(/C#N)C(=O)Nc2ccc(O)cc2)cc(I)c1OCc1ccc(Cl)cc1Cl. The van der Waals surface area contributed by atoms with Gasteiger partial charge in [-0.15, -0.1) is 0 Å². The smallest absolute Gasteiger partial charge is 0.266 e. The van der Waals surface area contributed by atoms with Crippen molar-refractivity contribution in [3.8, 4) is 23.3 Å². The Bertz CT molecular complexity index is 1250. The Labute approximate surface area is 214 Å². The number of phenolic OH excluding ortho intramolecular Hbond substituents is 1. The number of ether oxygens (including phenoxy) is 2. The maximum atomic E-state index is 12.5. The van der Waals surface area contributed by atoms with E-state index in [9.17, 15) is 15.2 Å². The van der Waals surface area contributed by atoms with Crippen LogP contribution in [-0.2, 0) is 11.4 Å². The zero-order chi connectivity index (χ0) is 24.0. The standard InChI is InChI=1S/C24H17Cl2IN2O4/c1-32-22-10-14(8-16(12-28)24(31)29-18-4-6-19(30)7-5-18)9-21(27)23(22)33-13-15-2-3-17(25)11-20(15)26/h2-11,30H,13H2,1H3,(H,29,31)/b16-8-. The van der Waals surface area contributed by atoms with Crippen molar-refractivity contribution in [3.05, 3.63) is 84.9 Å². The molecular formula is C24H17Cl2IN2O4. The number of nitrogens with one attached hydrogen (secondary N) is 1. The Morgan fingerprint density at radius 1 is 1.18 bits per heavy atom. The molecule has 0 aliphatic carbocycles. The van der Waals surface area contributed by atoms with Crippen molar-refractivity contribution in [2.75, 3.05) is 12.4 Å². The number of amides is 1. The third kappa shape index (κ3) is 6.54. The van der Waals surface area contributed by atoms with Crippen LogP contribution in [0.25, 0.3) is 6.08 Å². The summed E-state index contributed by atoms with van der Waals surface area (Å²) in [6.45, 7) is 0.204. The Morgan fingerprint density at radius 3 is 2.55 bits per heavy atom. The number of phenols is 1. The maximum absolute atomic E-state index is 12.5. The number of carbonyl (C=O) groups is 1. The second-order valence-corrected chi connectivity index (χ2v) is 8.74. The summed E-state index contributed by atoms with van der Waals surface area (Å²) in [7, 11) is 1.50. The highest BCUT2D eigenvalue weighted by Crippen LogP contribution is 2.36. The number of nitrogens with zero attached hydrogens (tertiary/aromatic N) is 1. The largest absolute Gasteiger partial charge is 0.508 e. The molecule has 0 atom stereocenters. The Morgan fingerprint density at radius 2 is 1.91 bits per heavy atom. The van der Waals surface area contributed by atoms with Crippen molar-refractivity contribution < 1.29 is 19.4 Å². The number of hydrogen-bond donors (Lipinski definition) is 2. The van der Waals surface area contributed by atoms with Crippen LogP contribution in [0.1, 0.15) is 11.1 Å². The van der Waals surface area contributed by atoms with Crippen LogP contribution in [0.4, 0.5) is 5.69 Å². The first kappa shape index (κ1) is 24.7. The molecule has 0 bridgehead atoms. The van der Waals surface area contributed by atoms with Gasteiger partial charge >= 0.3 is 0 Å². The molecule has 9 heteroatoms. The molecule has 3 aromatic carbocycles. The van der Waals surface area contributed by atoms with Gasteiger partial charge in [-0.05, 0) is 82.8 Å². The number of anilines is 1. The van der Waals surface area contributed by atoms with Crippen molar-refractivity contribution in [3.63, 3.8) is 0 Å². The molecule has 3 rings (SSSR count). The van der Waals surface area contributed by atoms with Gasteiger partial charge in [-0.1, -0.05) is 29.3 Å². The van der Waals surface area contributed by atoms with E-state index in [1.165, 1.54) is 37.5 Å². The molecule has 3 aromatic rings. The average molecular weight is 595 g/mol. The highest BCUT2D eigenvalue weighted by Gasteiger charge is 2.15. The molecule has 0 fully saturated rings. The minimum atomic E-state index is -0.574. The number of halogens is 3. The van der Waals surface area contributed by atoms with Gasteiger partial charge in [0.15, 0.2) is 11.5 Å². The van der Waals surface area contributed by atoms with Gasteiger partial charge in [0.05, 0.1) is 10.7 Å². The topological polar surface area (TPSA) is 91.6 Å². The summed E-state index contributed by atoms with van der Waals surface area (Å²) >= 11 is 14.2. The Kier molecular flexibility index (Phi) is 8.44. The van der Waals surface area contributed by atoms with E-state index < -0.39 is 5.91 Å². The predicted molar refractivity (Wildman–Crippen MR) is 137 cm³/mol. The minimum Gasteiger partial charge on any atom is -0.508 e. The highest BCUT2D eigenvalue weighted by atomic mass is 127. The number of hydrogen-bond acceptors (Lipinski definition) is 5. The highest BCUT2D eigenvalue weighted by molar-refractivity contribution is 14.1. The van der Waals surface area contributed by atoms with E-state index in [1.807, 2.05) is 6.07 Å². The predicted octanol–water partition coefficient (Wildman–Crippen LogP) is 6.44. The van der Waals surface area contributed by atoms with E-state index in [4.69, 9.17) is 32.7 Å². The lowest BCUT2D eigenvalue weighted by Crippen LogP contribution is -2.13. The van der Waals surface area contributed by atoms with Crippen molar-refractivity contribution in [1.29, 1.82) is 5.26 Å². The third-order valence-electron chi connectivity index (χ3n) is 4.44. The van der Waals surface area contributed by atoms with E-state index in [-0.39, 0.29) is 17.9 Å². The Hall–Kier alpha value is -2.93. The summed E-state index contributed by atoms with van der Waals surface area (Å²) in [5.74, 6) is 0.448. The number of aromatic hydroxyl groups is 1. The van der Waals surface area contributed by atoms with Gasteiger partial charge in [-0.2, -0.15) is 5.26 Å². The van der Waals surface area contributed by atoms with E-state index in [0.29, 0.717) is 32.8 Å². The second kappa shape index (κ2) is 11.3. The molecule has 1 amide bonds. The van der Waals surface area contributed by atoms with Crippen LogP contribution in [0.5, 0.6) is 17.2 Å². The van der Waals surface area contributed by atoms with Crippen molar-refractivity contribution >= 4 is 63.5 Å². The van der Waals surface area contributed by atoms with E-state index in [1.54, 1.807) is 30.3 Å². The quantitative estimate of drug-likeness (QED) is 0.142. The number of benzene rings is 3. The molecular weight excluding hydrogens is 578 g/mol. The van der Waals surface area contributed by atoms with Crippen LogP contribution >= 0.6 is 45.8 Å². The number of carbonyl (C=O) groups excluding carboxylic acids is 1. The molecule has 0 saturated carbocycles. The molecule has 168 valence electrons. The van der Waals surface area contributed by atoms with E-state index in [2.05, 4.69) is 27.9 Å². The lowest BCUT2D eigenvalue weighted by atomic mass is 10.1. The molecule has 0 aliphatic rings. The van der Waals surface area contributed by atoms with Crippen LogP contribution in [-0.4, -0.2) is 18.1 Å². The fraction of sp³-hybridized carbons (Fsp3) is 0.0833. The van der Waals surface area contributed by atoms with E-state index in [0.717, 1.165) is 9.13 Å². The zero-order valence-corrected chi connectivity index (χ0v) is 20.9. The van der Waals surface area contributed by atoms with Gasteiger partial charge < -0.3 is 19.9 Å². The van der Waals surface area contributed by atoms with Gasteiger partial charge in [0.25, 0.3) is 5.91 Å². The number of rotatable bonds is 7. The molecule has 0 unspecified atom stereocenters. The molecule has 0 aromatic heterocycles. The van der Waals surface area contributed by atoms with Crippen LogP contribution in [0.15, 0.2) is 60.2 Å². The van der Waals surface area contributed by atoms with Crippen LogP contribution < -0.4 is 14.8 Å². The van der Waals surface area contributed by atoms with Crippen LogP contribution in [0.2, 0.25) is 10.0 Å². The summed E-state index contributed by atoms with van der Waals surface area (Å²) in [4.78, 5) is 12.5. The minimum absolute atomic E-state index is 0.0753. The molecule has 6 nitrogen and oxygen atoms in total. The van der Waals surface area contributed by atoms with Crippen LogP contribution in [0.3, 0.4) is 0 Å². The lowest BCUT2D eigenvalue weighted by Gasteiger charge is -2.14. The molecule has 0 saturated heterocycles. The molecule has 0 spiro atoms. The van der Waals surface area contributed by atoms with Gasteiger partial charge in [-0.3, -0.25) is 4.79 Å². The molecule has 0 aliphatic heterocycles. The van der Waals surface area contributed by atoms with Gasteiger partial charge in [0.2, 0.25) is 0 Å². The monoisotopic (exact) mass is 594 g/mol. The normalized spacial score (nSPS) is 10.9. The zero-order valence-electron chi connectivity index (χ0n) is 17.2. The van der Waals surface area contributed by atoms with E-state index >= 15 is 0 Å². The second-order valence-electron chi connectivity index (χ2n) is 6.73. The summed E-state index contributed by atoms with van der Waals surface area (Å²) in [5, 5.41) is 22.5. The fourth-order valence-corrected chi connectivity index (χ4v) is 4.05. The number of methoxy groups -OCH3 is 1. The van der Waals surface area contributed by atoms with Crippen molar-refractivity contribution in [1.82, 2.24) is 0 Å². The fourth-order valence-electron chi connectivity index (χ4n) is 2.81. The lowest BCUT2D eigenvalue weighted by molar-refractivity contribution is -0.112. The number of nitriles is 1. The summed E-state index contributed by atoms with van der Waals surface area (Å²) in [5.41, 5.74) is 1.71. The molecule has 33 heavy (non-hydrogen) atoms. The van der Waals surface area contributed by atoms with Gasteiger partial charge in [0.1, 0.15) is 24.0 Å². The summed E-state index contributed by atoms with van der Waals surface area (Å²) < 4.78 is 12.1. The van der Waals surface area contributed by atoms with Crippen LogP contribution in [0, 0.1) is 14.9 Å². The van der Waals surface area contributed by atoms with Crippen molar-refractivity contribution in [2.24, 2.45) is 0 Å². The molecule has 0 radical (unpaired) electrons. The first-order valence-corrected chi connectivity index (χ1v) is 11.3. The third-order valence-corrected chi connectivity index (χ3v) is 5.83. The first-order valence-electron chi connectivity index (χ1n) is 9.47. The molecule has 2 N–H and O–H groups in total. The summed E-state index contributed by atoms with van der Waals surface area (Å²) in [6, 6.07) is 16.5. The first-order chi connectivity index (χ1) is 15.8.